The molecule has 3 rings (SSSR count). The van der Waals surface area contributed by atoms with Gasteiger partial charge >= 0.3 is 6.09 Å². The highest BCUT2D eigenvalue weighted by molar-refractivity contribution is 6.30. The minimum atomic E-state index is -0.502. The Bertz CT molecular complexity index is 540. The number of rotatable bonds is 0. The molecule has 0 saturated heterocycles. The van der Waals surface area contributed by atoms with Crippen LogP contribution in [0.25, 0.3) is 0 Å². The van der Waals surface area contributed by atoms with Gasteiger partial charge in [0.2, 0.25) is 0 Å². The fraction of sp³-hybridized carbons (Fsp3) is 0.308. The molecule has 4 heteroatoms. The van der Waals surface area contributed by atoms with E-state index in [-0.39, 0.29) is 0 Å². The summed E-state index contributed by atoms with van der Waals surface area (Å²) in [6, 6.07) is 5.28. The van der Waals surface area contributed by atoms with E-state index in [0.717, 1.165) is 24.1 Å². The number of halogens is 1. The van der Waals surface area contributed by atoms with Crippen LogP contribution < -0.4 is 5.32 Å². The van der Waals surface area contributed by atoms with E-state index in [2.05, 4.69) is 17.2 Å². The molecule has 1 saturated carbocycles. The van der Waals surface area contributed by atoms with Crippen molar-refractivity contribution in [3.63, 3.8) is 0 Å². The number of anilines is 1. The molecule has 17 heavy (non-hydrogen) atoms. The monoisotopic (exact) mass is 247 g/mol. The summed E-state index contributed by atoms with van der Waals surface area (Å²) in [5.74, 6) is 6.59. The number of carbonyl (C=O) groups excluding carboxylic acids is 1. The van der Waals surface area contributed by atoms with Crippen LogP contribution in [0.2, 0.25) is 5.02 Å². The zero-order valence-electron chi connectivity index (χ0n) is 9.00. The lowest BCUT2D eigenvalue weighted by Crippen LogP contribution is -2.23. The van der Waals surface area contributed by atoms with Crippen molar-refractivity contribution in [3.05, 3.63) is 28.8 Å². The van der Waals surface area contributed by atoms with Crippen LogP contribution in [-0.2, 0) is 4.74 Å². The molecule has 86 valence electrons. The van der Waals surface area contributed by atoms with E-state index >= 15 is 0 Å². The quantitative estimate of drug-likeness (QED) is 0.714. The maximum absolute atomic E-state index is 11.3. The predicted octanol–water partition coefficient (Wildman–Crippen LogP) is 3.36. The van der Waals surface area contributed by atoms with Gasteiger partial charge in [-0.1, -0.05) is 23.4 Å². The van der Waals surface area contributed by atoms with Crippen LogP contribution in [0.1, 0.15) is 24.5 Å². The summed E-state index contributed by atoms with van der Waals surface area (Å²) in [5.41, 5.74) is 1.55. The molecule has 1 aromatic rings. The van der Waals surface area contributed by atoms with E-state index in [0.29, 0.717) is 10.9 Å². The molecule has 1 aliphatic carbocycles. The Kier molecular flexibility index (Phi) is 2.45. The SMILES string of the molecule is O=C1Nc2ccc(Cl)cc2C(C#CC2CC2)O1. The summed E-state index contributed by atoms with van der Waals surface area (Å²) < 4.78 is 5.16. The van der Waals surface area contributed by atoms with Gasteiger partial charge in [-0.3, -0.25) is 5.32 Å². The maximum atomic E-state index is 11.3. The number of nitrogens with one attached hydrogen (secondary N) is 1. The number of carbonyl (C=O) groups is 1. The van der Waals surface area contributed by atoms with E-state index in [1.165, 1.54) is 0 Å². The summed E-state index contributed by atoms with van der Waals surface area (Å²) >= 11 is 5.94. The minimum Gasteiger partial charge on any atom is -0.428 e. The highest BCUT2D eigenvalue weighted by Crippen LogP contribution is 2.33. The van der Waals surface area contributed by atoms with Gasteiger partial charge in [0.1, 0.15) is 0 Å². The molecule has 1 atom stereocenters. The van der Waals surface area contributed by atoms with Gasteiger partial charge in [0.05, 0.1) is 5.69 Å². The highest BCUT2D eigenvalue weighted by atomic mass is 35.5. The van der Waals surface area contributed by atoms with Gasteiger partial charge in [-0.25, -0.2) is 4.79 Å². The van der Waals surface area contributed by atoms with Crippen molar-refractivity contribution >= 4 is 23.4 Å². The van der Waals surface area contributed by atoms with E-state index in [1.54, 1.807) is 18.2 Å². The molecule has 1 amide bonds. The first kappa shape index (κ1) is 10.5. The van der Waals surface area contributed by atoms with Crippen LogP contribution in [0.5, 0.6) is 0 Å². The first-order valence-corrected chi connectivity index (χ1v) is 5.88. The van der Waals surface area contributed by atoms with Gasteiger partial charge in [-0.2, -0.15) is 0 Å². The zero-order valence-corrected chi connectivity index (χ0v) is 9.75. The summed E-state index contributed by atoms with van der Waals surface area (Å²) in [4.78, 5) is 11.3. The van der Waals surface area contributed by atoms with Crippen molar-refractivity contribution in [2.24, 2.45) is 5.92 Å². The number of hydrogen-bond acceptors (Lipinski definition) is 2. The standard InChI is InChI=1S/C13H10ClNO2/c14-9-4-5-11-10(7-9)12(17-13(16)15-11)6-3-8-1-2-8/h4-5,7-8,12H,1-2H2,(H,15,16). The lowest BCUT2D eigenvalue weighted by atomic mass is 10.1. The number of benzene rings is 1. The van der Waals surface area contributed by atoms with Gasteiger partial charge in [0.15, 0.2) is 6.10 Å². The molecule has 0 aromatic heterocycles. The third-order valence-corrected chi connectivity index (χ3v) is 2.99. The summed E-state index contributed by atoms with van der Waals surface area (Å²) in [6.07, 6.45) is 1.33. The second-order valence-corrected chi connectivity index (χ2v) is 4.64. The van der Waals surface area contributed by atoms with Crippen molar-refractivity contribution in [1.82, 2.24) is 0 Å². The Morgan fingerprint density at radius 3 is 2.94 bits per heavy atom. The van der Waals surface area contributed by atoms with Gasteiger partial charge in [-0.05, 0) is 31.0 Å². The topological polar surface area (TPSA) is 38.3 Å². The van der Waals surface area contributed by atoms with Crippen LogP contribution in [0.4, 0.5) is 10.5 Å². The van der Waals surface area contributed by atoms with E-state index in [1.807, 2.05) is 0 Å². The van der Waals surface area contributed by atoms with Gasteiger partial charge in [-0.15, -0.1) is 0 Å². The van der Waals surface area contributed by atoms with Crippen molar-refractivity contribution < 1.29 is 9.53 Å². The predicted molar refractivity (Wildman–Crippen MR) is 64.8 cm³/mol. The Morgan fingerprint density at radius 2 is 2.18 bits per heavy atom. The average molecular weight is 248 g/mol. The Hall–Kier alpha value is -1.66. The first-order chi connectivity index (χ1) is 8.22. The summed E-state index contributed by atoms with van der Waals surface area (Å²) in [7, 11) is 0. The third kappa shape index (κ3) is 2.22. The van der Waals surface area contributed by atoms with Gasteiger partial charge in [0, 0.05) is 16.5 Å². The molecule has 1 unspecified atom stereocenters. The second-order valence-electron chi connectivity index (χ2n) is 4.20. The summed E-state index contributed by atoms with van der Waals surface area (Å²) in [6.45, 7) is 0. The lowest BCUT2D eigenvalue weighted by Gasteiger charge is -2.22. The Balaban J connectivity index is 1.97. The molecule has 3 nitrogen and oxygen atoms in total. The highest BCUT2D eigenvalue weighted by Gasteiger charge is 2.26. The van der Waals surface area contributed by atoms with Crippen LogP contribution >= 0.6 is 11.6 Å². The van der Waals surface area contributed by atoms with E-state index in [9.17, 15) is 4.79 Å². The molecular formula is C13H10ClNO2. The number of amides is 1. The molecule has 1 aromatic carbocycles. The first-order valence-electron chi connectivity index (χ1n) is 5.50. The molecule has 1 N–H and O–H groups in total. The third-order valence-electron chi connectivity index (χ3n) is 2.75. The molecule has 1 fully saturated rings. The van der Waals surface area contributed by atoms with Crippen molar-refractivity contribution in [3.8, 4) is 11.8 Å². The van der Waals surface area contributed by atoms with Crippen LogP contribution in [-0.4, -0.2) is 6.09 Å². The zero-order chi connectivity index (χ0) is 11.8. The number of fused-ring (bicyclic) bond motifs is 1. The molecule has 0 bridgehead atoms. The summed E-state index contributed by atoms with van der Waals surface area (Å²) in [5, 5.41) is 3.25. The smallest absolute Gasteiger partial charge is 0.413 e. The molecule has 2 aliphatic rings. The normalized spacial score (nSPS) is 21.7. The Labute approximate surface area is 104 Å². The second kappa shape index (κ2) is 3.97. The largest absolute Gasteiger partial charge is 0.428 e. The van der Waals surface area contributed by atoms with E-state index < -0.39 is 12.2 Å². The number of hydrogen-bond donors (Lipinski definition) is 1. The van der Waals surface area contributed by atoms with Crippen LogP contribution in [0.15, 0.2) is 18.2 Å². The molecule has 1 aliphatic heterocycles. The van der Waals surface area contributed by atoms with Crippen LogP contribution in [0.3, 0.4) is 0 Å². The molecule has 1 heterocycles. The van der Waals surface area contributed by atoms with Gasteiger partial charge < -0.3 is 4.74 Å². The fourth-order valence-electron chi connectivity index (χ4n) is 1.70. The van der Waals surface area contributed by atoms with Crippen molar-refractivity contribution in [2.75, 3.05) is 5.32 Å². The van der Waals surface area contributed by atoms with Gasteiger partial charge in [0.25, 0.3) is 0 Å². The number of cyclic esters (lactones) is 1. The maximum Gasteiger partial charge on any atom is 0.413 e. The van der Waals surface area contributed by atoms with Crippen LogP contribution in [0, 0.1) is 17.8 Å². The number of ether oxygens (including phenoxy) is 1. The minimum absolute atomic E-state index is 0.463. The van der Waals surface area contributed by atoms with E-state index in [4.69, 9.17) is 16.3 Å². The fourth-order valence-corrected chi connectivity index (χ4v) is 1.88. The molecule has 0 spiro atoms. The molecule has 0 radical (unpaired) electrons. The van der Waals surface area contributed by atoms with Crippen molar-refractivity contribution in [1.29, 1.82) is 0 Å². The average Bonchev–Trinajstić information content (AvgIpc) is 3.10. The molecular weight excluding hydrogens is 238 g/mol. The van der Waals surface area contributed by atoms with Crippen molar-refractivity contribution in [2.45, 2.75) is 18.9 Å². The lowest BCUT2D eigenvalue weighted by molar-refractivity contribution is 0.134. The Morgan fingerprint density at radius 1 is 1.35 bits per heavy atom.